The summed E-state index contributed by atoms with van der Waals surface area (Å²) in [5.74, 6) is -1.01. The normalized spacial score (nSPS) is 12.4. The van der Waals surface area contributed by atoms with E-state index >= 15 is 0 Å². The van der Waals surface area contributed by atoms with Crippen molar-refractivity contribution in [2.24, 2.45) is 5.16 Å². The lowest BCUT2D eigenvalue weighted by atomic mass is 10.1. The lowest BCUT2D eigenvalue weighted by Crippen LogP contribution is -2.03. The Kier molecular flexibility index (Phi) is 5.05. The molecule has 0 atom stereocenters. The zero-order chi connectivity index (χ0) is 17.0. The Hall–Kier alpha value is -2.35. The van der Waals surface area contributed by atoms with Gasteiger partial charge in [-0.3, -0.25) is 4.79 Å². The second kappa shape index (κ2) is 6.82. The third kappa shape index (κ3) is 4.32. The minimum atomic E-state index is -4.38. The average molecular weight is 343 g/mol. The van der Waals surface area contributed by atoms with Gasteiger partial charge in [-0.1, -0.05) is 17.3 Å². The fourth-order valence-corrected chi connectivity index (χ4v) is 2.94. The molecule has 0 aliphatic heterocycles. The van der Waals surface area contributed by atoms with E-state index in [4.69, 9.17) is 10.3 Å². The molecule has 0 fully saturated rings. The molecule has 0 bridgehead atoms. The molecule has 0 spiro atoms. The number of aliphatic carboxylic acids is 1. The molecule has 4 nitrogen and oxygen atoms in total. The summed E-state index contributed by atoms with van der Waals surface area (Å²) in [6, 6.07) is 8.07. The summed E-state index contributed by atoms with van der Waals surface area (Å²) in [4.78, 5) is 11.8. The molecule has 2 aromatic rings. The highest BCUT2D eigenvalue weighted by Crippen LogP contribution is 2.33. The van der Waals surface area contributed by atoms with E-state index in [2.05, 4.69) is 5.16 Å². The number of alkyl halides is 3. The second-order valence-corrected chi connectivity index (χ2v) is 5.76. The van der Waals surface area contributed by atoms with Crippen LogP contribution in [0.4, 0.5) is 13.2 Å². The first-order valence-corrected chi connectivity index (χ1v) is 7.33. The van der Waals surface area contributed by atoms with Crippen molar-refractivity contribution in [1.82, 2.24) is 0 Å². The Labute approximate surface area is 133 Å². The van der Waals surface area contributed by atoms with Gasteiger partial charge in [0.1, 0.15) is 0 Å². The molecule has 1 aromatic carbocycles. The Balaban J connectivity index is 2.20. The van der Waals surface area contributed by atoms with Crippen LogP contribution in [-0.4, -0.2) is 22.0 Å². The maximum atomic E-state index is 12.5. The average Bonchev–Trinajstić information content (AvgIpc) is 2.97. The van der Waals surface area contributed by atoms with Crippen molar-refractivity contribution >= 4 is 23.0 Å². The lowest BCUT2D eigenvalue weighted by molar-refractivity contribution is -0.138. The van der Waals surface area contributed by atoms with Crippen molar-refractivity contribution in [3.05, 3.63) is 46.8 Å². The van der Waals surface area contributed by atoms with E-state index in [9.17, 15) is 18.0 Å². The number of rotatable bonds is 5. The molecule has 1 heterocycles. The first-order valence-electron chi connectivity index (χ1n) is 6.52. The fourth-order valence-electron chi connectivity index (χ4n) is 1.92. The number of carbonyl (C=O) groups is 1. The molecule has 122 valence electrons. The minimum absolute atomic E-state index is 0.0683. The first-order chi connectivity index (χ1) is 10.8. The summed E-state index contributed by atoms with van der Waals surface area (Å²) in [5.41, 5.74) is 0.109. The minimum Gasteiger partial charge on any atom is -0.481 e. The SMILES string of the molecule is O=C(O)CC/C(=N/O)c1ccc(-c2ccc(C(F)(F)F)cc2)s1. The largest absolute Gasteiger partial charge is 0.481 e. The number of benzene rings is 1. The number of hydrogen-bond acceptors (Lipinski definition) is 4. The van der Waals surface area contributed by atoms with Gasteiger partial charge in [-0.05, 0) is 29.8 Å². The van der Waals surface area contributed by atoms with E-state index in [1.54, 1.807) is 12.1 Å². The molecular formula is C15H12F3NO3S. The number of carboxylic acid groups (broad SMARTS) is 1. The highest BCUT2D eigenvalue weighted by molar-refractivity contribution is 7.17. The van der Waals surface area contributed by atoms with Gasteiger partial charge in [-0.2, -0.15) is 13.2 Å². The lowest BCUT2D eigenvalue weighted by Gasteiger charge is -2.06. The zero-order valence-corrected chi connectivity index (χ0v) is 12.5. The molecule has 0 amide bonds. The van der Waals surface area contributed by atoms with Crippen LogP contribution < -0.4 is 0 Å². The molecule has 1 aromatic heterocycles. The van der Waals surface area contributed by atoms with E-state index in [1.807, 2.05) is 0 Å². The zero-order valence-electron chi connectivity index (χ0n) is 11.7. The molecule has 0 saturated heterocycles. The van der Waals surface area contributed by atoms with Crippen LogP contribution in [0, 0.1) is 0 Å². The topological polar surface area (TPSA) is 69.9 Å². The van der Waals surface area contributed by atoms with E-state index in [1.165, 1.54) is 23.5 Å². The number of hydrogen-bond donors (Lipinski definition) is 2. The molecule has 0 saturated carbocycles. The van der Waals surface area contributed by atoms with E-state index in [0.717, 1.165) is 12.1 Å². The molecule has 0 aliphatic rings. The quantitative estimate of drug-likeness (QED) is 0.478. The van der Waals surface area contributed by atoms with Crippen LogP contribution in [0.1, 0.15) is 23.3 Å². The van der Waals surface area contributed by atoms with Gasteiger partial charge < -0.3 is 10.3 Å². The number of thiophene rings is 1. The van der Waals surface area contributed by atoms with Crippen LogP contribution in [0.5, 0.6) is 0 Å². The molecule has 2 rings (SSSR count). The number of halogens is 3. The van der Waals surface area contributed by atoms with Crippen molar-refractivity contribution in [2.75, 3.05) is 0 Å². The molecule has 0 unspecified atom stereocenters. The van der Waals surface area contributed by atoms with E-state index in [-0.39, 0.29) is 18.6 Å². The Morgan fingerprint density at radius 3 is 2.26 bits per heavy atom. The maximum Gasteiger partial charge on any atom is 0.416 e. The molecule has 2 N–H and O–H groups in total. The molecule has 8 heteroatoms. The highest BCUT2D eigenvalue weighted by Gasteiger charge is 2.30. The third-order valence-corrected chi connectivity index (χ3v) is 4.27. The smallest absolute Gasteiger partial charge is 0.416 e. The number of carboxylic acids is 1. The van der Waals surface area contributed by atoms with E-state index in [0.29, 0.717) is 15.3 Å². The van der Waals surface area contributed by atoms with Crippen LogP contribution in [-0.2, 0) is 11.0 Å². The Morgan fingerprint density at radius 1 is 1.09 bits per heavy atom. The van der Waals surface area contributed by atoms with Crippen molar-refractivity contribution in [1.29, 1.82) is 0 Å². The van der Waals surface area contributed by atoms with Gasteiger partial charge in [0.05, 0.1) is 22.6 Å². The van der Waals surface area contributed by atoms with Crippen LogP contribution in [0.2, 0.25) is 0 Å². The second-order valence-electron chi connectivity index (χ2n) is 4.68. The summed E-state index contributed by atoms with van der Waals surface area (Å²) < 4.78 is 37.6. The van der Waals surface area contributed by atoms with Crippen LogP contribution in [0.3, 0.4) is 0 Å². The van der Waals surface area contributed by atoms with Gasteiger partial charge in [0, 0.05) is 11.3 Å². The predicted molar refractivity (Wildman–Crippen MR) is 80.0 cm³/mol. The van der Waals surface area contributed by atoms with Gasteiger partial charge in [0.25, 0.3) is 0 Å². The fraction of sp³-hybridized carbons (Fsp3) is 0.200. The van der Waals surface area contributed by atoms with Gasteiger partial charge in [0.15, 0.2) is 0 Å². The molecule has 0 aliphatic carbocycles. The van der Waals surface area contributed by atoms with Crippen LogP contribution in [0.15, 0.2) is 41.6 Å². The summed E-state index contributed by atoms with van der Waals surface area (Å²) in [5, 5.41) is 20.7. The number of nitrogens with zero attached hydrogens (tertiary/aromatic N) is 1. The van der Waals surface area contributed by atoms with Gasteiger partial charge >= 0.3 is 12.1 Å². The van der Waals surface area contributed by atoms with Crippen molar-refractivity contribution < 1.29 is 28.3 Å². The molecule has 0 radical (unpaired) electrons. The van der Waals surface area contributed by atoms with Crippen LogP contribution in [0.25, 0.3) is 10.4 Å². The standard InChI is InChI=1S/C15H12F3NO3S/c16-15(17,18)10-3-1-9(2-4-10)12-6-7-13(23-12)11(19-22)5-8-14(20)21/h1-4,6-7,22H,5,8H2,(H,20,21)/b19-11-. The van der Waals surface area contributed by atoms with Crippen molar-refractivity contribution in [2.45, 2.75) is 19.0 Å². The van der Waals surface area contributed by atoms with Crippen molar-refractivity contribution in [3.8, 4) is 10.4 Å². The first kappa shape index (κ1) is 17.0. The van der Waals surface area contributed by atoms with Gasteiger partial charge in [-0.15, -0.1) is 11.3 Å². The Bertz CT molecular complexity index is 720. The van der Waals surface area contributed by atoms with Crippen LogP contribution >= 0.6 is 11.3 Å². The summed E-state index contributed by atoms with van der Waals surface area (Å²) >= 11 is 1.22. The monoisotopic (exact) mass is 343 g/mol. The molecule has 23 heavy (non-hydrogen) atoms. The summed E-state index contributed by atoms with van der Waals surface area (Å²) in [7, 11) is 0. The highest BCUT2D eigenvalue weighted by atomic mass is 32.1. The summed E-state index contributed by atoms with van der Waals surface area (Å²) in [6.45, 7) is 0. The van der Waals surface area contributed by atoms with Gasteiger partial charge in [0.2, 0.25) is 0 Å². The Morgan fingerprint density at radius 2 is 1.74 bits per heavy atom. The maximum absolute atomic E-state index is 12.5. The third-order valence-electron chi connectivity index (χ3n) is 3.08. The van der Waals surface area contributed by atoms with Gasteiger partial charge in [-0.25, -0.2) is 0 Å². The molecular weight excluding hydrogens is 331 g/mol. The summed E-state index contributed by atoms with van der Waals surface area (Å²) in [6.07, 6.45) is -4.49. The van der Waals surface area contributed by atoms with Crippen molar-refractivity contribution in [3.63, 3.8) is 0 Å². The predicted octanol–water partition coefficient (Wildman–Crippen LogP) is 4.48. The number of oxime groups is 1. The van der Waals surface area contributed by atoms with E-state index < -0.39 is 17.7 Å².